The molecule has 0 aromatic heterocycles. The van der Waals surface area contributed by atoms with E-state index in [2.05, 4.69) is 5.32 Å². The number of nitrogens with zero attached hydrogens (tertiary/aromatic N) is 2. The Bertz CT molecular complexity index is 366. The number of sulfonamides is 1. The van der Waals surface area contributed by atoms with Gasteiger partial charge in [-0.25, -0.2) is 8.42 Å². The zero-order valence-corrected chi connectivity index (χ0v) is 13.5. The van der Waals surface area contributed by atoms with Gasteiger partial charge in [-0.15, -0.1) is 0 Å². The van der Waals surface area contributed by atoms with Crippen LogP contribution >= 0.6 is 0 Å². The molecule has 0 heterocycles. The molecule has 7 heteroatoms. The third kappa shape index (κ3) is 9.86. The molecule has 1 amide bonds. The van der Waals surface area contributed by atoms with Crippen LogP contribution in [0.4, 0.5) is 0 Å². The molecule has 0 rings (SSSR count). The van der Waals surface area contributed by atoms with E-state index < -0.39 is 10.0 Å². The van der Waals surface area contributed by atoms with Crippen molar-refractivity contribution in [2.75, 3.05) is 46.5 Å². The van der Waals surface area contributed by atoms with E-state index in [1.807, 2.05) is 32.8 Å². The van der Waals surface area contributed by atoms with Crippen LogP contribution in [0, 0.1) is 5.92 Å². The van der Waals surface area contributed by atoms with Gasteiger partial charge in [0.05, 0.1) is 12.8 Å². The van der Waals surface area contributed by atoms with Crippen molar-refractivity contribution in [3.8, 4) is 0 Å². The summed E-state index contributed by atoms with van der Waals surface area (Å²) in [5.41, 5.74) is 0. The molecule has 0 bridgehead atoms. The van der Waals surface area contributed by atoms with Gasteiger partial charge in [0.25, 0.3) is 0 Å². The van der Waals surface area contributed by atoms with Crippen LogP contribution in [0.1, 0.15) is 20.3 Å². The van der Waals surface area contributed by atoms with Crippen LogP contribution in [0.15, 0.2) is 0 Å². The lowest BCUT2D eigenvalue weighted by Crippen LogP contribution is -2.42. The largest absolute Gasteiger partial charge is 0.355 e. The van der Waals surface area contributed by atoms with Crippen LogP contribution in [0.5, 0.6) is 0 Å². The standard InChI is InChI=1S/C12H27N3O3S/c1-11(2)9-15(19(5,17)18)10-12(16)13-7-6-8-14(3)4/h11H,6-10H2,1-5H3,(H,13,16). The Morgan fingerprint density at radius 1 is 1.26 bits per heavy atom. The van der Waals surface area contributed by atoms with Crippen molar-refractivity contribution in [3.05, 3.63) is 0 Å². The fourth-order valence-electron chi connectivity index (χ4n) is 1.56. The summed E-state index contributed by atoms with van der Waals surface area (Å²) in [4.78, 5) is 13.7. The maximum Gasteiger partial charge on any atom is 0.235 e. The Balaban J connectivity index is 4.18. The van der Waals surface area contributed by atoms with Gasteiger partial charge in [0.2, 0.25) is 15.9 Å². The molecule has 0 unspecified atom stereocenters. The summed E-state index contributed by atoms with van der Waals surface area (Å²) in [5.74, 6) is -0.0545. The first-order valence-corrected chi connectivity index (χ1v) is 8.34. The van der Waals surface area contributed by atoms with Gasteiger partial charge < -0.3 is 10.2 Å². The molecule has 0 aliphatic rings. The van der Waals surface area contributed by atoms with Gasteiger partial charge in [0.1, 0.15) is 0 Å². The first-order chi connectivity index (χ1) is 8.62. The predicted molar refractivity (Wildman–Crippen MR) is 77.4 cm³/mol. The topological polar surface area (TPSA) is 69.7 Å². The summed E-state index contributed by atoms with van der Waals surface area (Å²) >= 11 is 0. The van der Waals surface area contributed by atoms with E-state index in [0.29, 0.717) is 13.1 Å². The summed E-state index contributed by atoms with van der Waals surface area (Å²) in [6.07, 6.45) is 1.98. The highest BCUT2D eigenvalue weighted by Gasteiger charge is 2.20. The molecule has 0 saturated heterocycles. The lowest BCUT2D eigenvalue weighted by atomic mass is 10.2. The maximum atomic E-state index is 11.7. The van der Waals surface area contributed by atoms with Crippen LogP contribution in [0.2, 0.25) is 0 Å². The zero-order valence-electron chi connectivity index (χ0n) is 12.6. The first kappa shape index (κ1) is 18.3. The second-order valence-corrected chi connectivity index (χ2v) is 7.44. The van der Waals surface area contributed by atoms with E-state index in [1.165, 1.54) is 4.31 Å². The molecule has 19 heavy (non-hydrogen) atoms. The number of nitrogens with one attached hydrogen (secondary N) is 1. The van der Waals surface area contributed by atoms with E-state index in [-0.39, 0.29) is 18.4 Å². The van der Waals surface area contributed by atoms with E-state index in [4.69, 9.17) is 0 Å². The van der Waals surface area contributed by atoms with Gasteiger partial charge in [-0.3, -0.25) is 4.79 Å². The van der Waals surface area contributed by atoms with Crippen molar-refractivity contribution in [2.24, 2.45) is 5.92 Å². The number of carbonyl (C=O) groups is 1. The van der Waals surface area contributed by atoms with Gasteiger partial charge in [-0.2, -0.15) is 4.31 Å². The third-order valence-corrected chi connectivity index (χ3v) is 3.68. The molecule has 6 nitrogen and oxygen atoms in total. The summed E-state index contributed by atoms with van der Waals surface area (Å²) < 4.78 is 24.3. The predicted octanol–water partition coefficient (Wildman–Crippen LogP) is -0.0281. The maximum absolute atomic E-state index is 11.7. The summed E-state index contributed by atoms with van der Waals surface area (Å²) in [7, 11) is 0.601. The Hall–Kier alpha value is -0.660. The Labute approximate surface area is 117 Å². The molecular formula is C12H27N3O3S. The van der Waals surface area contributed by atoms with Crippen LogP contribution < -0.4 is 5.32 Å². The van der Waals surface area contributed by atoms with Gasteiger partial charge in [0.15, 0.2) is 0 Å². The zero-order chi connectivity index (χ0) is 15.1. The highest BCUT2D eigenvalue weighted by Crippen LogP contribution is 2.03. The Morgan fingerprint density at radius 2 is 1.84 bits per heavy atom. The smallest absolute Gasteiger partial charge is 0.235 e. The van der Waals surface area contributed by atoms with Crippen molar-refractivity contribution >= 4 is 15.9 Å². The first-order valence-electron chi connectivity index (χ1n) is 6.49. The third-order valence-electron chi connectivity index (χ3n) is 2.46. The summed E-state index contributed by atoms with van der Waals surface area (Å²) in [5, 5.41) is 2.74. The van der Waals surface area contributed by atoms with Crippen molar-refractivity contribution in [2.45, 2.75) is 20.3 Å². The molecule has 114 valence electrons. The number of carbonyl (C=O) groups excluding carboxylic acids is 1. The minimum atomic E-state index is -3.33. The van der Waals surface area contributed by atoms with Crippen LogP contribution in [0.3, 0.4) is 0 Å². The Morgan fingerprint density at radius 3 is 2.26 bits per heavy atom. The molecule has 0 spiro atoms. The average Bonchev–Trinajstić information content (AvgIpc) is 2.21. The lowest BCUT2D eigenvalue weighted by molar-refractivity contribution is -0.121. The minimum Gasteiger partial charge on any atom is -0.355 e. The quantitative estimate of drug-likeness (QED) is 0.606. The molecule has 0 saturated carbocycles. The molecule has 0 radical (unpaired) electrons. The molecule has 0 aromatic rings. The van der Waals surface area contributed by atoms with Gasteiger partial charge in [-0.05, 0) is 33.0 Å². The van der Waals surface area contributed by atoms with Crippen LogP contribution in [-0.4, -0.2) is 70.1 Å². The van der Waals surface area contributed by atoms with Crippen LogP contribution in [-0.2, 0) is 14.8 Å². The van der Waals surface area contributed by atoms with Crippen molar-refractivity contribution < 1.29 is 13.2 Å². The van der Waals surface area contributed by atoms with Crippen LogP contribution in [0.25, 0.3) is 0 Å². The minimum absolute atomic E-state index is 0.0982. The van der Waals surface area contributed by atoms with Crippen molar-refractivity contribution in [3.63, 3.8) is 0 Å². The molecule has 0 aliphatic carbocycles. The lowest BCUT2D eigenvalue weighted by Gasteiger charge is -2.21. The highest BCUT2D eigenvalue weighted by atomic mass is 32.2. The number of amides is 1. The van der Waals surface area contributed by atoms with Crippen molar-refractivity contribution in [1.82, 2.24) is 14.5 Å². The molecule has 1 N–H and O–H groups in total. The van der Waals surface area contributed by atoms with Crippen molar-refractivity contribution in [1.29, 1.82) is 0 Å². The second kappa shape index (κ2) is 8.50. The van der Waals surface area contributed by atoms with Gasteiger partial charge in [-0.1, -0.05) is 13.8 Å². The summed E-state index contributed by atoms with van der Waals surface area (Å²) in [6.45, 7) is 5.57. The highest BCUT2D eigenvalue weighted by molar-refractivity contribution is 7.88. The van der Waals surface area contributed by atoms with Gasteiger partial charge >= 0.3 is 0 Å². The molecule has 0 aromatic carbocycles. The average molecular weight is 293 g/mol. The van der Waals surface area contributed by atoms with E-state index in [1.54, 1.807) is 0 Å². The summed E-state index contributed by atoms with van der Waals surface area (Å²) in [6, 6.07) is 0. The fraction of sp³-hybridized carbons (Fsp3) is 0.917. The normalized spacial score (nSPS) is 12.4. The Kier molecular flexibility index (Phi) is 8.20. The van der Waals surface area contributed by atoms with E-state index >= 15 is 0 Å². The molecule has 0 fully saturated rings. The SMILES string of the molecule is CC(C)CN(CC(=O)NCCCN(C)C)S(C)(=O)=O. The molecule has 0 aliphatic heterocycles. The number of hydrogen-bond acceptors (Lipinski definition) is 4. The monoisotopic (exact) mass is 293 g/mol. The molecule has 0 atom stereocenters. The van der Waals surface area contributed by atoms with E-state index in [0.717, 1.165) is 19.2 Å². The number of rotatable bonds is 9. The second-order valence-electron chi connectivity index (χ2n) is 5.46. The van der Waals surface area contributed by atoms with Gasteiger partial charge in [0, 0.05) is 13.1 Å². The fourth-order valence-corrected chi connectivity index (χ4v) is 2.48. The molecular weight excluding hydrogens is 266 g/mol. The number of hydrogen-bond donors (Lipinski definition) is 1. The van der Waals surface area contributed by atoms with E-state index in [9.17, 15) is 13.2 Å².